The molecule has 3 unspecified atom stereocenters. The number of nitrogens with zero attached hydrogens (tertiary/aromatic N) is 1. The Balaban J connectivity index is 1.21. The minimum Gasteiger partial charge on any atom is -0.489 e. The number of hydrogen-bond donors (Lipinski definition) is 1. The fraction of sp³-hybridized carbons (Fsp3) is 0.182. The van der Waals surface area contributed by atoms with Crippen molar-refractivity contribution in [3.05, 3.63) is 138 Å². The van der Waals surface area contributed by atoms with Gasteiger partial charge >= 0.3 is 0 Å². The van der Waals surface area contributed by atoms with E-state index in [1.54, 1.807) is 4.90 Å². The van der Waals surface area contributed by atoms with E-state index in [9.17, 15) is 4.79 Å². The topological polar surface area (TPSA) is 41.6 Å². The predicted molar refractivity (Wildman–Crippen MR) is 149 cm³/mol. The second-order valence-corrected chi connectivity index (χ2v) is 9.82. The minimum absolute atomic E-state index is 0.000687. The van der Waals surface area contributed by atoms with E-state index in [2.05, 4.69) is 66.0 Å². The van der Waals surface area contributed by atoms with Crippen LogP contribution in [0.25, 0.3) is 0 Å². The number of amides is 1. The molecule has 1 aliphatic heterocycles. The molecule has 184 valence electrons. The third-order valence-electron chi connectivity index (χ3n) is 7.55. The number of allylic oxidation sites excluding steroid dienone is 2. The molecule has 0 radical (unpaired) electrons. The molecule has 6 rings (SSSR count). The van der Waals surface area contributed by atoms with Gasteiger partial charge in [-0.15, -0.1) is 0 Å². The summed E-state index contributed by atoms with van der Waals surface area (Å²) in [7, 11) is 1.83. The maximum absolute atomic E-state index is 13.3. The van der Waals surface area contributed by atoms with Gasteiger partial charge in [0.2, 0.25) is 0 Å². The molecule has 1 amide bonds. The van der Waals surface area contributed by atoms with Crippen LogP contribution in [-0.4, -0.2) is 13.0 Å². The number of hydrogen-bond acceptors (Lipinski definition) is 3. The third-order valence-corrected chi connectivity index (χ3v) is 7.55. The Morgan fingerprint density at radius 1 is 0.919 bits per heavy atom. The molecular formula is C33H30N2O2. The van der Waals surface area contributed by atoms with Crippen molar-refractivity contribution >= 4 is 17.3 Å². The Morgan fingerprint density at radius 3 is 2.41 bits per heavy atom. The third kappa shape index (κ3) is 4.63. The van der Waals surface area contributed by atoms with Gasteiger partial charge in [-0.05, 0) is 71.5 Å². The molecule has 2 aliphatic rings. The number of ether oxygens (including phenoxy) is 1. The average molecular weight is 487 g/mol. The first-order valence-electron chi connectivity index (χ1n) is 12.8. The maximum atomic E-state index is 13.3. The lowest BCUT2D eigenvalue weighted by Crippen LogP contribution is -2.30. The average Bonchev–Trinajstić information content (AvgIpc) is 3.46. The van der Waals surface area contributed by atoms with E-state index >= 15 is 0 Å². The van der Waals surface area contributed by atoms with Crippen molar-refractivity contribution in [3.8, 4) is 5.75 Å². The molecule has 4 nitrogen and oxygen atoms in total. The van der Waals surface area contributed by atoms with Crippen LogP contribution in [0, 0.1) is 5.92 Å². The standard InChI is InChI=1S/C33H30N2O2/c1-35(26-11-6-3-7-12-26)33(36)25-17-20-31-30(21-25)28-13-8-14-29(28)32(34-31)24-15-18-27(19-16-24)37-22-23-9-4-2-5-10-23/h2-13,15-21,28-29,32,34H,14,22H2,1H3. The SMILES string of the molecule is CN(C(=O)c1ccc2c(c1)C1C=CCC1C(c1ccc(OCc3ccccc3)cc1)N2)c1ccccc1. The summed E-state index contributed by atoms with van der Waals surface area (Å²) in [5.74, 6) is 1.56. The van der Waals surface area contributed by atoms with Crippen LogP contribution in [0.2, 0.25) is 0 Å². The van der Waals surface area contributed by atoms with Crippen LogP contribution < -0.4 is 15.0 Å². The fourth-order valence-corrected chi connectivity index (χ4v) is 5.53. The van der Waals surface area contributed by atoms with Gasteiger partial charge in [-0.25, -0.2) is 0 Å². The Labute approximate surface area is 218 Å². The predicted octanol–water partition coefficient (Wildman–Crippen LogP) is 7.37. The molecule has 0 aromatic heterocycles. The molecule has 37 heavy (non-hydrogen) atoms. The zero-order chi connectivity index (χ0) is 25.2. The van der Waals surface area contributed by atoms with Crippen LogP contribution in [0.3, 0.4) is 0 Å². The van der Waals surface area contributed by atoms with Crippen LogP contribution in [0.5, 0.6) is 5.75 Å². The zero-order valence-electron chi connectivity index (χ0n) is 20.9. The van der Waals surface area contributed by atoms with Gasteiger partial charge in [0.25, 0.3) is 5.91 Å². The summed E-state index contributed by atoms with van der Waals surface area (Å²) < 4.78 is 6.00. The lowest BCUT2D eigenvalue weighted by molar-refractivity contribution is 0.0993. The summed E-state index contributed by atoms with van der Waals surface area (Å²) in [5.41, 5.74) is 6.30. The van der Waals surface area contributed by atoms with Gasteiger partial charge in [0.1, 0.15) is 12.4 Å². The van der Waals surface area contributed by atoms with Gasteiger partial charge in [-0.1, -0.05) is 72.8 Å². The molecule has 0 saturated carbocycles. The van der Waals surface area contributed by atoms with Crippen LogP contribution in [0.1, 0.15) is 45.4 Å². The summed E-state index contributed by atoms with van der Waals surface area (Å²) in [5, 5.41) is 3.78. The van der Waals surface area contributed by atoms with Gasteiger partial charge in [0, 0.05) is 29.9 Å². The van der Waals surface area contributed by atoms with E-state index in [0.29, 0.717) is 18.1 Å². The largest absolute Gasteiger partial charge is 0.489 e. The van der Waals surface area contributed by atoms with Crippen molar-refractivity contribution in [3.63, 3.8) is 0 Å². The first-order chi connectivity index (χ1) is 18.2. The summed E-state index contributed by atoms with van der Waals surface area (Å²) in [4.78, 5) is 15.0. The molecule has 0 spiro atoms. The molecule has 0 bridgehead atoms. The number of nitrogens with one attached hydrogen (secondary N) is 1. The van der Waals surface area contributed by atoms with Crippen molar-refractivity contribution < 1.29 is 9.53 Å². The van der Waals surface area contributed by atoms with Gasteiger partial charge < -0.3 is 15.0 Å². The molecule has 4 aromatic rings. The zero-order valence-corrected chi connectivity index (χ0v) is 20.9. The van der Waals surface area contributed by atoms with Crippen molar-refractivity contribution in [2.75, 3.05) is 17.3 Å². The Morgan fingerprint density at radius 2 is 1.65 bits per heavy atom. The van der Waals surface area contributed by atoms with Gasteiger partial charge in [-0.2, -0.15) is 0 Å². The highest BCUT2D eigenvalue weighted by atomic mass is 16.5. The number of carbonyl (C=O) groups is 1. The van der Waals surface area contributed by atoms with E-state index < -0.39 is 0 Å². The molecule has 0 fully saturated rings. The Kier molecular flexibility index (Phi) is 6.23. The van der Waals surface area contributed by atoms with E-state index in [1.165, 1.54) is 11.1 Å². The van der Waals surface area contributed by atoms with E-state index in [1.807, 2.05) is 61.6 Å². The first-order valence-corrected chi connectivity index (χ1v) is 12.8. The summed E-state index contributed by atoms with van der Waals surface area (Å²) in [6.07, 6.45) is 5.60. The fourth-order valence-electron chi connectivity index (χ4n) is 5.53. The van der Waals surface area contributed by atoms with Crippen molar-refractivity contribution in [1.29, 1.82) is 0 Å². The molecule has 1 heterocycles. The first kappa shape index (κ1) is 23.1. The lowest BCUT2D eigenvalue weighted by Gasteiger charge is -2.38. The summed E-state index contributed by atoms with van der Waals surface area (Å²) in [6.45, 7) is 0.560. The minimum atomic E-state index is 0.000687. The van der Waals surface area contributed by atoms with Crippen LogP contribution in [-0.2, 0) is 6.61 Å². The van der Waals surface area contributed by atoms with Crippen molar-refractivity contribution in [2.24, 2.45) is 5.92 Å². The van der Waals surface area contributed by atoms with Crippen molar-refractivity contribution in [2.45, 2.75) is 25.0 Å². The smallest absolute Gasteiger partial charge is 0.258 e. The number of carbonyl (C=O) groups excluding carboxylic acids is 1. The van der Waals surface area contributed by atoms with Gasteiger partial charge in [0.15, 0.2) is 0 Å². The second-order valence-electron chi connectivity index (χ2n) is 9.82. The molecular weight excluding hydrogens is 456 g/mol. The number of fused-ring (bicyclic) bond motifs is 3. The monoisotopic (exact) mass is 486 g/mol. The highest BCUT2D eigenvalue weighted by Crippen LogP contribution is 2.50. The summed E-state index contributed by atoms with van der Waals surface area (Å²) >= 11 is 0. The van der Waals surface area contributed by atoms with Gasteiger partial charge in [0.05, 0.1) is 6.04 Å². The van der Waals surface area contributed by atoms with Crippen molar-refractivity contribution in [1.82, 2.24) is 0 Å². The van der Waals surface area contributed by atoms with Crippen LogP contribution in [0.4, 0.5) is 11.4 Å². The number of para-hydroxylation sites is 1. The highest BCUT2D eigenvalue weighted by molar-refractivity contribution is 6.06. The molecule has 3 atom stereocenters. The Bertz CT molecular complexity index is 1410. The van der Waals surface area contributed by atoms with E-state index in [-0.39, 0.29) is 17.9 Å². The van der Waals surface area contributed by atoms with Crippen LogP contribution >= 0.6 is 0 Å². The molecule has 0 saturated heterocycles. The van der Waals surface area contributed by atoms with Gasteiger partial charge in [-0.3, -0.25) is 4.79 Å². The highest BCUT2D eigenvalue weighted by Gasteiger charge is 2.38. The molecule has 1 aliphatic carbocycles. The molecule has 4 heteroatoms. The molecule has 1 N–H and O–H groups in total. The maximum Gasteiger partial charge on any atom is 0.258 e. The second kappa shape index (κ2) is 9.98. The normalized spacial score (nSPS) is 19.4. The molecule has 4 aromatic carbocycles. The number of benzene rings is 4. The van der Waals surface area contributed by atoms with E-state index in [0.717, 1.165) is 29.1 Å². The number of anilines is 2. The van der Waals surface area contributed by atoms with Crippen LogP contribution in [0.15, 0.2) is 115 Å². The Hall–Kier alpha value is -4.31. The van der Waals surface area contributed by atoms with E-state index in [4.69, 9.17) is 4.74 Å². The quantitative estimate of drug-likeness (QED) is 0.289. The number of rotatable bonds is 6. The summed E-state index contributed by atoms with van der Waals surface area (Å²) in [6, 6.07) is 34.7. The lowest BCUT2D eigenvalue weighted by atomic mass is 9.76.